The number of hydrogen-bond acceptors (Lipinski definition) is 4. The van der Waals surface area contributed by atoms with E-state index in [1.807, 2.05) is 6.07 Å². The van der Waals surface area contributed by atoms with Crippen LogP contribution in [0, 0.1) is 5.82 Å². The van der Waals surface area contributed by atoms with Gasteiger partial charge in [0.25, 0.3) is 0 Å². The predicted octanol–water partition coefficient (Wildman–Crippen LogP) is 3.86. The van der Waals surface area contributed by atoms with Gasteiger partial charge < -0.3 is 4.90 Å². The van der Waals surface area contributed by atoms with Gasteiger partial charge in [-0.25, -0.2) is 14.4 Å². The Morgan fingerprint density at radius 1 is 1.08 bits per heavy atom. The first-order chi connectivity index (χ1) is 11.3. The smallest absolute Gasteiger partial charge is 0.222 e. The number of benzene rings is 1. The van der Waals surface area contributed by atoms with E-state index < -0.39 is 0 Å². The minimum atomic E-state index is -0.268. The zero-order valence-electron chi connectivity index (χ0n) is 14.3. The number of hydrogen-bond donors (Lipinski definition) is 0. The number of rotatable bonds is 2. The van der Waals surface area contributed by atoms with Crippen LogP contribution in [0.3, 0.4) is 0 Å². The lowest BCUT2D eigenvalue weighted by molar-refractivity contribution is 0.128. The predicted molar refractivity (Wildman–Crippen MR) is 96.0 cm³/mol. The van der Waals surface area contributed by atoms with Gasteiger partial charge in [-0.15, -0.1) is 0 Å². The molecule has 0 amide bonds. The molecular formula is C18H22ClFN4. The molecule has 1 fully saturated rings. The molecule has 2 aromatic rings. The monoisotopic (exact) mass is 348 g/mol. The summed E-state index contributed by atoms with van der Waals surface area (Å²) in [5.74, 6) is -0.268. The van der Waals surface area contributed by atoms with E-state index in [1.165, 1.54) is 6.07 Å². The highest BCUT2D eigenvalue weighted by Gasteiger charge is 2.26. The molecular weight excluding hydrogens is 327 g/mol. The molecule has 0 spiro atoms. The second kappa shape index (κ2) is 6.65. The van der Waals surface area contributed by atoms with E-state index >= 15 is 0 Å². The van der Waals surface area contributed by atoms with Crippen molar-refractivity contribution in [2.24, 2.45) is 0 Å². The quantitative estimate of drug-likeness (QED) is 0.771. The summed E-state index contributed by atoms with van der Waals surface area (Å²) in [6.45, 7) is 10.4. The molecule has 2 heterocycles. The van der Waals surface area contributed by atoms with E-state index in [-0.39, 0.29) is 16.6 Å². The molecule has 1 aliphatic heterocycles. The number of anilines is 1. The van der Waals surface area contributed by atoms with Crippen LogP contribution in [-0.2, 0) is 0 Å². The molecule has 128 valence electrons. The molecule has 0 unspecified atom stereocenters. The second-order valence-corrected chi connectivity index (χ2v) is 7.39. The molecule has 0 N–H and O–H groups in total. The maximum atomic E-state index is 14.1. The number of aromatic nitrogens is 2. The van der Waals surface area contributed by atoms with Crippen LogP contribution in [0.4, 0.5) is 10.1 Å². The summed E-state index contributed by atoms with van der Waals surface area (Å²) in [7, 11) is 0. The summed E-state index contributed by atoms with van der Waals surface area (Å²) in [6.07, 6.45) is 1.58. The Morgan fingerprint density at radius 3 is 2.42 bits per heavy atom. The molecule has 4 nitrogen and oxygen atoms in total. The summed E-state index contributed by atoms with van der Waals surface area (Å²) in [4.78, 5) is 12.7. The van der Waals surface area contributed by atoms with Gasteiger partial charge in [0.15, 0.2) is 0 Å². The Bertz CT molecular complexity index is 721. The minimum absolute atomic E-state index is 0.164. The van der Waals surface area contributed by atoms with Gasteiger partial charge in [0.1, 0.15) is 5.82 Å². The molecule has 0 saturated carbocycles. The van der Waals surface area contributed by atoms with Crippen molar-refractivity contribution in [1.82, 2.24) is 14.9 Å². The number of nitrogens with zero attached hydrogens (tertiary/aromatic N) is 4. The van der Waals surface area contributed by atoms with Crippen molar-refractivity contribution in [2.45, 2.75) is 26.3 Å². The number of halogens is 2. The van der Waals surface area contributed by atoms with E-state index in [4.69, 9.17) is 11.6 Å². The zero-order chi connectivity index (χ0) is 17.3. The standard InChI is InChI=1S/C18H22ClFN4/c1-18(2,3)24-8-6-23(7-9-24)15-11-13(10-14(20)12-15)16-4-5-21-17(19)22-16/h4-5,10-12H,6-9H2,1-3H3. The van der Waals surface area contributed by atoms with Crippen molar-refractivity contribution in [3.05, 3.63) is 41.6 Å². The van der Waals surface area contributed by atoms with Gasteiger partial charge in [-0.1, -0.05) is 0 Å². The first kappa shape index (κ1) is 17.1. The fraction of sp³-hybridized carbons (Fsp3) is 0.444. The Hall–Kier alpha value is -1.72. The van der Waals surface area contributed by atoms with Crippen LogP contribution in [0.1, 0.15) is 20.8 Å². The van der Waals surface area contributed by atoms with E-state index in [9.17, 15) is 4.39 Å². The lowest BCUT2D eigenvalue weighted by Crippen LogP contribution is -2.53. The summed E-state index contributed by atoms with van der Waals surface area (Å²) in [5, 5.41) is 0.164. The van der Waals surface area contributed by atoms with Gasteiger partial charge in [0.05, 0.1) is 5.69 Å². The Balaban J connectivity index is 1.83. The molecule has 24 heavy (non-hydrogen) atoms. The van der Waals surface area contributed by atoms with Gasteiger partial charge in [-0.3, -0.25) is 4.90 Å². The van der Waals surface area contributed by atoms with Crippen LogP contribution in [0.15, 0.2) is 30.5 Å². The highest BCUT2D eigenvalue weighted by molar-refractivity contribution is 6.28. The van der Waals surface area contributed by atoms with Crippen LogP contribution in [0.5, 0.6) is 0 Å². The van der Waals surface area contributed by atoms with Crippen molar-refractivity contribution in [2.75, 3.05) is 31.1 Å². The third-order valence-electron chi connectivity index (χ3n) is 4.40. The highest BCUT2D eigenvalue weighted by atomic mass is 35.5. The van der Waals surface area contributed by atoms with Gasteiger partial charge in [0.2, 0.25) is 5.28 Å². The van der Waals surface area contributed by atoms with Crippen molar-refractivity contribution < 1.29 is 4.39 Å². The van der Waals surface area contributed by atoms with E-state index in [0.29, 0.717) is 11.3 Å². The average molecular weight is 349 g/mol. The lowest BCUT2D eigenvalue weighted by Gasteiger charge is -2.43. The highest BCUT2D eigenvalue weighted by Crippen LogP contribution is 2.27. The van der Waals surface area contributed by atoms with Crippen LogP contribution >= 0.6 is 11.6 Å². The molecule has 1 aromatic carbocycles. The third kappa shape index (κ3) is 3.84. The normalized spacial score (nSPS) is 16.5. The topological polar surface area (TPSA) is 32.3 Å². The summed E-state index contributed by atoms with van der Waals surface area (Å²) in [6, 6.07) is 6.77. The van der Waals surface area contributed by atoms with E-state index in [1.54, 1.807) is 18.3 Å². The van der Waals surface area contributed by atoms with Gasteiger partial charge in [0, 0.05) is 49.2 Å². The molecule has 0 bridgehead atoms. The van der Waals surface area contributed by atoms with Crippen molar-refractivity contribution in [3.8, 4) is 11.3 Å². The molecule has 1 aliphatic rings. The fourth-order valence-corrected chi connectivity index (χ4v) is 3.18. The summed E-state index contributed by atoms with van der Waals surface area (Å²) in [5.41, 5.74) is 2.39. The molecule has 1 aromatic heterocycles. The molecule has 1 saturated heterocycles. The lowest BCUT2D eigenvalue weighted by atomic mass is 10.0. The van der Waals surface area contributed by atoms with Crippen molar-refractivity contribution >= 4 is 17.3 Å². The van der Waals surface area contributed by atoms with E-state index in [2.05, 4.69) is 40.5 Å². The molecule has 0 atom stereocenters. The Labute approximate surface area is 147 Å². The molecule has 3 rings (SSSR count). The maximum Gasteiger partial charge on any atom is 0.222 e. The fourth-order valence-electron chi connectivity index (χ4n) is 3.04. The summed E-state index contributed by atoms with van der Waals surface area (Å²) >= 11 is 5.85. The Kier molecular flexibility index (Phi) is 4.74. The first-order valence-corrected chi connectivity index (χ1v) is 8.50. The van der Waals surface area contributed by atoms with Gasteiger partial charge in [-0.05, 0) is 56.6 Å². The zero-order valence-corrected chi connectivity index (χ0v) is 15.0. The van der Waals surface area contributed by atoms with Crippen LogP contribution in [0.2, 0.25) is 5.28 Å². The number of piperazine rings is 1. The van der Waals surface area contributed by atoms with E-state index in [0.717, 1.165) is 31.9 Å². The second-order valence-electron chi connectivity index (χ2n) is 7.05. The minimum Gasteiger partial charge on any atom is -0.369 e. The van der Waals surface area contributed by atoms with Crippen molar-refractivity contribution in [1.29, 1.82) is 0 Å². The molecule has 6 heteroatoms. The summed E-state index contributed by atoms with van der Waals surface area (Å²) < 4.78 is 14.1. The maximum absolute atomic E-state index is 14.1. The van der Waals surface area contributed by atoms with Gasteiger partial charge >= 0.3 is 0 Å². The Morgan fingerprint density at radius 2 is 1.79 bits per heavy atom. The SMILES string of the molecule is CC(C)(C)N1CCN(c2cc(F)cc(-c3ccnc(Cl)n3)c2)CC1. The average Bonchev–Trinajstić information content (AvgIpc) is 2.53. The largest absolute Gasteiger partial charge is 0.369 e. The van der Waals surface area contributed by atoms with Crippen LogP contribution < -0.4 is 4.90 Å². The van der Waals surface area contributed by atoms with Crippen molar-refractivity contribution in [3.63, 3.8) is 0 Å². The third-order valence-corrected chi connectivity index (χ3v) is 4.58. The van der Waals surface area contributed by atoms with Gasteiger partial charge in [-0.2, -0.15) is 0 Å². The van der Waals surface area contributed by atoms with Crippen LogP contribution in [0.25, 0.3) is 11.3 Å². The molecule has 0 radical (unpaired) electrons. The van der Waals surface area contributed by atoms with Crippen LogP contribution in [-0.4, -0.2) is 46.6 Å². The first-order valence-electron chi connectivity index (χ1n) is 8.12. The molecule has 0 aliphatic carbocycles.